The van der Waals surface area contributed by atoms with E-state index in [9.17, 15) is 9.59 Å². The van der Waals surface area contributed by atoms with Crippen molar-refractivity contribution in [2.24, 2.45) is 0 Å². The zero-order valence-electron chi connectivity index (χ0n) is 20.3. The second-order valence-electron chi connectivity index (χ2n) is 9.49. The number of rotatable bonds is 6. The Hall–Kier alpha value is -2.49. The molecule has 1 aliphatic rings. The van der Waals surface area contributed by atoms with Crippen LogP contribution in [0.1, 0.15) is 42.9 Å². The topological polar surface area (TPSA) is 81.6 Å². The fraction of sp³-hybridized carbons (Fsp3) is 0.440. The summed E-state index contributed by atoms with van der Waals surface area (Å²) in [6.45, 7) is 9.60. The molecule has 3 heterocycles. The number of nitrogens with zero attached hydrogens (tertiary/aromatic N) is 3. The van der Waals surface area contributed by atoms with Crippen LogP contribution in [0.3, 0.4) is 0 Å². The lowest BCUT2D eigenvalue weighted by molar-refractivity contribution is -0.122. The van der Waals surface area contributed by atoms with E-state index in [2.05, 4.69) is 9.97 Å². The number of carbonyl (C=O) groups excluding carboxylic acids is 2. The summed E-state index contributed by atoms with van der Waals surface area (Å²) < 4.78 is 11.7. The van der Waals surface area contributed by atoms with Crippen molar-refractivity contribution in [1.29, 1.82) is 0 Å². The van der Waals surface area contributed by atoms with Crippen LogP contribution in [0, 0.1) is 13.8 Å². The van der Waals surface area contributed by atoms with Crippen molar-refractivity contribution >= 4 is 46.2 Å². The average Bonchev–Trinajstić information content (AvgIpc) is 3.47. The van der Waals surface area contributed by atoms with E-state index in [0.717, 1.165) is 21.3 Å². The molecule has 4 rings (SSSR count). The second kappa shape index (κ2) is 10.2. The van der Waals surface area contributed by atoms with E-state index < -0.39 is 17.7 Å². The summed E-state index contributed by atoms with van der Waals surface area (Å²) in [4.78, 5) is 38.0. The van der Waals surface area contributed by atoms with Gasteiger partial charge in [0, 0.05) is 16.8 Å². The minimum Gasteiger partial charge on any atom is -0.488 e. The van der Waals surface area contributed by atoms with Gasteiger partial charge in [0.25, 0.3) is 0 Å². The molecule has 1 aromatic carbocycles. The van der Waals surface area contributed by atoms with E-state index in [4.69, 9.17) is 21.1 Å². The van der Waals surface area contributed by atoms with E-state index in [1.165, 1.54) is 16.2 Å². The van der Waals surface area contributed by atoms with Gasteiger partial charge in [0.15, 0.2) is 5.78 Å². The molecule has 0 spiro atoms. The Bertz CT molecular complexity index is 1220. The lowest BCUT2D eigenvalue weighted by Crippen LogP contribution is -2.44. The molecule has 1 amide bonds. The normalized spacial score (nSPS) is 18.1. The predicted molar refractivity (Wildman–Crippen MR) is 139 cm³/mol. The molecule has 0 radical (unpaired) electrons. The number of thiazole rings is 2. The van der Waals surface area contributed by atoms with Crippen molar-refractivity contribution in [3.63, 3.8) is 0 Å². The Labute approximate surface area is 218 Å². The Balaban J connectivity index is 1.50. The highest BCUT2D eigenvalue weighted by molar-refractivity contribution is 7.16. The number of likely N-dealkylation sites (tertiary alicyclic amines) is 1. The number of benzene rings is 1. The van der Waals surface area contributed by atoms with Gasteiger partial charge < -0.3 is 9.47 Å². The fourth-order valence-electron chi connectivity index (χ4n) is 3.95. The SMILES string of the molecule is Cc1nc(C)c(-c2csc(CC(=O)[C@@H]3C[C@H](Oc4ccc(Cl)cc4)CN3C(=O)OC(C)(C)C)n2)s1. The van der Waals surface area contributed by atoms with Gasteiger partial charge in [0.1, 0.15) is 22.5 Å². The molecule has 3 aromatic rings. The molecule has 7 nitrogen and oxygen atoms in total. The van der Waals surface area contributed by atoms with Crippen LogP contribution in [0.2, 0.25) is 5.02 Å². The van der Waals surface area contributed by atoms with Crippen molar-refractivity contribution in [2.45, 2.75) is 65.2 Å². The highest BCUT2D eigenvalue weighted by atomic mass is 35.5. The molecule has 2 aromatic heterocycles. The van der Waals surface area contributed by atoms with Gasteiger partial charge in [0.05, 0.1) is 40.3 Å². The quantitative estimate of drug-likeness (QED) is 0.380. The van der Waals surface area contributed by atoms with Gasteiger partial charge in [-0.05, 0) is 58.9 Å². The zero-order chi connectivity index (χ0) is 25.3. The summed E-state index contributed by atoms with van der Waals surface area (Å²) >= 11 is 9.00. The van der Waals surface area contributed by atoms with Crippen molar-refractivity contribution in [2.75, 3.05) is 6.54 Å². The maximum Gasteiger partial charge on any atom is 0.411 e. The third kappa shape index (κ3) is 6.39. The fourth-order valence-corrected chi connectivity index (χ4v) is 5.82. The highest BCUT2D eigenvalue weighted by Crippen LogP contribution is 2.32. The minimum absolute atomic E-state index is 0.0869. The Morgan fingerprint density at radius 2 is 1.89 bits per heavy atom. The number of carbonyl (C=O) groups is 2. The molecule has 0 saturated carbocycles. The number of aromatic nitrogens is 2. The van der Waals surface area contributed by atoms with Gasteiger partial charge in [-0.3, -0.25) is 9.69 Å². The third-order valence-electron chi connectivity index (χ3n) is 5.39. The molecule has 35 heavy (non-hydrogen) atoms. The van der Waals surface area contributed by atoms with Crippen LogP contribution in [-0.4, -0.2) is 51.0 Å². The molecular weight excluding hydrogens is 506 g/mol. The van der Waals surface area contributed by atoms with Crippen molar-refractivity contribution in [3.05, 3.63) is 50.4 Å². The summed E-state index contributed by atoms with van der Waals surface area (Å²) in [5, 5.41) is 4.25. The van der Waals surface area contributed by atoms with Gasteiger partial charge >= 0.3 is 6.09 Å². The lowest BCUT2D eigenvalue weighted by Gasteiger charge is -2.27. The van der Waals surface area contributed by atoms with Crippen molar-refractivity contribution < 1.29 is 19.1 Å². The van der Waals surface area contributed by atoms with Crippen LogP contribution >= 0.6 is 34.3 Å². The van der Waals surface area contributed by atoms with E-state index in [1.54, 1.807) is 56.4 Å². The lowest BCUT2D eigenvalue weighted by atomic mass is 10.1. The van der Waals surface area contributed by atoms with Gasteiger partial charge in [-0.15, -0.1) is 22.7 Å². The van der Waals surface area contributed by atoms with Crippen molar-refractivity contribution in [3.8, 4) is 16.3 Å². The molecule has 1 saturated heterocycles. The zero-order valence-corrected chi connectivity index (χ0v) is 22.7. The summed E-state index contributed by atoms with van der Waals surface area (Å²) in [5.74, 6) is 0.549. The first-order chi connectivity index (χ1) is 16.5. The van der Waals surface area contributed by atoms with E-state index in [0.29, 0.717) is 22.2 Å². The molecule has 1 aliphatic heterocycles. The van der Waals surface area contributed by atoms with Crippen LogP contribution in [0.4, 0.5) is 4.79 Å². The summed E-state index contributed by atoms with van der Waals surface area (Å²) in [5.41, 5.74) is 1.10. The van der Waals surface area contributed by atoms with Gasteiger partial charge in [-0.1, -0.05) is 11.6 Å². The summed E-state index contributed by atoms with van der Waals surface area (Å²) in [6.07, 6.45) is -0.341. The number of ketones is 1. The highest BCUT2D eigenvalue weighted by Gasteiger charge is 2.42. The first-order valence-corrected chi connectivity index (χ1v) is 13.4. The number of hydrogen-bond acceptors (Lipinski definition) is 8. The van der Waals surface area contributed by atoms with Gasteiger partial charge in [0.2, 0.25) is 0 Å². The average molecular weight is 534 g/mol. The Morgan fingerprint density at radius 1 is 1.17 bits per heavy atom. The van der Waals surface area contributed by atoms with Crippen molar-refractivity contribution in [1.82, 2.24) is 14.9 Å². The van der Waals surface area contributed by atoms with Gasteiger partial charge in [-0.2, -0.15) is 0 Å². The van der Waals surface area contributed by atoms with Crippen LogP contribution in [-0.2, 0) is 16.0 Å². The number of halogens is 1. The van der Waals surface area contributed by atoms with E-state index in [-0.39, 0.29) is 24.9 Å². The first kappa shape index (κ1) is 25.6. The molecular formula is C25H28ClN3O4S2. The van der Waals surface area contributed by atoms with Crippen LogP contribution in [0.25, 0.3) is 10.6 Å². The molecule has 0 aliphatic carbocycles. The number of aryl methyl sites for hydroxylation is 2. The monoisotopic (exact) mass is 533 g/mol. The molecule has 0 N–H and O–H groups in total. The maximum atomic E-state index is 13.4. The standard InChI is InChI=1S/C25H28ClN3O4S2/c1-14-23(35-15(2)27-14)19-13-34-22(28-19)11-21(30)20-10-18(32-17-8-6-16(26)7-9-17)12-29(20)24(31)33-25(3,4)5/h6-9,13,18,20H,10-12H2,1-5H3/t18-,20-/m0/s1. The molecule has 2 atom stereocenters. The predicted octanol–water partition coefficient (Wildman–Crippen LogP) is 6.11. The van der Waals surface area contributed by atoms with E-state index >= 15 is 0 Å². The second-order valence-corrected chi connectivity index (χ2v) is 12.1. The molecule has 0 bridgehead atoms. The van der Waals surface area contributed by atoms with Crippen LogP contribution in [0.15, 0.2) is 29.6 Å². The van der Waals surface area contributed by atoms with Crippen LogP contribution < -0.4 is 4.74 Å². The number of hydrogen-bond donors (Lipinski definition) is 0. The maximum absolute atomic E-state index is 13.4. The summed E-state index contributed by atoms with van der Waals surface area (Å²) in [6, 6.07) is 6.38. The smallest absolute Gasteiger partial charge is 0.411 e. The van der Waals surface area contributed by atoms with Crippen LogP contribution in [0.5, 0.6) is 5.75 Å². The number of Topliss-reactive ketones (excluding diaryl/α,β-unsaturated/α-hetero) is 1. The minimum atomic E-state index is -0.672. The molecule has 1 fully saturated rings. The first-order valence-electron chi connectivity index (χ1n) is 11.3. The molecule has 0 unspecified atom stereocenters. The Morgan fingerprint density at radius 3 is 2.51 bits per heavy atom. The number of amides is 1. The molecule has 10 heteroatoms. The molecule has 186 valence electrons. The number of ether oxygens (including phenoxy) is 2. The summed E-state index contributed by atoms with van der Waals surface area (Å²) in [7, 11) is 0. The van der Waals surface area contributed by atoms with E-state index in [1.807, 2.05) is 19.2 Å². The third-order valence-corrected chi connectivity index (χ3v) is 7.59. The Kier molecular flexibility index (Phi) is 7.49. The largest absolute Gasteiger partial charge is 0.488 e. The van der Waals surface area contributed by atoms with Gasteiger partial charge in [-0.25, -0.2) is 14.8 Å².